The fourth-order valence-corrected chi connectivity index (χ4v) is 2.13. The predicted octanol–water partition coefficient (Wildman–Crippen LogP) is 2.11. The second kappa shape index (κ2) is 10.9. The number of benzene rings is 2. The first-order chi connectivity index (χ1) is 13.0. The number of nitrogens with zero attached hydrogens (tertiary/aromatic N) is 1. The summed E-state index contributed by atoms with van der Waals surface area (Å²) in [5, 5.41) is 5.42. The van der Waals surface area contributed by atoms with Gasteiger partial charge in [-0.3, -0.25) is 9.59 Å². The summed E-state index contributed by atoms with van der Waals surface area (Å²) in [5.74, 6) is 0.844. The SMILES string of the molecule is CN(C)CCNC(=O)COCC(=O)Nc1ccc(Oc2ccccc2)cc1. The van der Waals surface area contributed by atoms with Gasteiger partial charge in [-0.25, -0.2) is 0 Å². The molecule has 0 fully saturated rings. The monoisotopic (exact) mass is 371 g/mol. The summed E-state index contributed by atoms with van der Waals surface area (Å²) in [4.78, 5) is 25.4. The van der Waals surface area contributed by atoms with Crippen LogP contribution in [0.4, 0.5) is 5.69 Å². The first-order valence-electron chi connectivity index (χ1n) is 8.65. The van der Waals surface area contributed by atoms with Crippen LogP contribution in [0.5, 0.6) is 11.5 Å². The number of amides is 2. The van der Waals surface area contributed by atoms with E-state index in [-0.39, 0.29) is 25.0 Å². The van der Waals surface area contributed by atoms with Crippen LogP contribution >= 0.6 is 0 Å². The highest BCUT2D eigenvalue weighted by molar-refractivity contribution is 5.91. The molecule has 0 aliphatic rings. The summed E-state index contributed by atoms with van der Waals surface area (Å²) in [6.07, 6.45) is 0. The minimum Gasteiger partial charge on any atom is -0.457 e. The lowest BCUT2D eigenvalue weighted by molar-refractivity contribution is -0.128. The molecule has 0 saturated carbocycles. The molecule has 0 atom stereocenters. The van der Waals surface area contributed by atoms with Gasteiger partial charge in [0.2, 0.25) is 11.8 Å². The molecule has 0 heterocycles. The number of ether oxygens (including phenoxy) is 2. The molecule has 0 saturated heterocycles. The quantitative estimate of drug-likeness (QED) is 0.669. The molecule has 2 aromatic rings. The third-order valence-electron chi connectivity index (χ3n) is 3.46. The van der Waals surface area contributed by atoms with Crippen LogP contribution in [0.1, 0.15) is 0 Å². The molecule has 27 heavy (non-hydrogen) atoms. The van der Waals surface area contributed by atoms with Gasteiger partial charge in [-0.15, -0.1) is 0 Å². The van der Waals surface area contributed by atoms with E-state index in [1.807, 2.05) is 49.3 Å². The number of hydrogen-bond acceptors (Lipinski definition) is 5. The molecule has 0 aromatic heterocycles. The van der Waals surface area contributed by atoms with Gasteiger partial charge in [0, 0.05) is 18.8 Å². The summed E-state index contributed by atoms with van der Waals surface area (Å²) in [6.45, 7) is 0.947. The highest BCUT2D eigenvalue weighted by atomic mass is 16.5. The van der Waals surface area contributed by atoms with Crippen molar-refractivity contribution in [1.29, 1.82) is 0 Å². The van der Waals surface area contributed by atoms with Crippen molar-refractivity contribution >= 4 is 17.5 Å². The predicted molar refractivity (Wildman–Crippen MR) is 104 cm³/mol. The van der Waals surface area contributed by atoms with Crippen LogP contribution in [0.3, 0.4) is 0 Å². The first kappa shape index (κ1) is 20.4. The molecular weight excluding hydrogens is 346 g/mol. The summed E-state index contributed by atoms with van der Waals surface area (Å²) in [5.41, 5.74) is 0.624. The van der Waals surface area contributed by atoms with Crippen molar-refractivity contribution in [2.75, 3.05) is 45.7 Å². The molecule has 0 aliphatic carbocycles. The zero-order valence-electron chi connectivity index (χ0n) is 15.6. The molecule has 0 bridgehead atoms. The second-order valence-corrected chi connectivity index (χ2v) is 6.13. The largest absolute Gasteiger partial charge is 0.457 e. The Morgan fingerprint density at radius 1 is 0.889 bits per heavy atom. The maximum atomic E-state index is 11.9. The molecule has 2 N–H and O–H groups in total. The van der Waals surface area contributed by atoms with E-state index in [4.69, 9.17) is 9.47 Å². The van der Waals surface area contributed by atoms with Crippen LogP contribution in [0.2, 0.25) is 0 Å². The number of rotatable bonds is 10. The van der Waals surface area contributed by atoms with Crippen LogP contribution in [0, 0.1) is 0 Å². The van der Waals surface area contributed by atoms with Crippen molar-refractivity contribution in [3.05, 3.63) is 54.6 Å². The van der Waals surface area contributed by atoms with Crippen molar-refractivity contribution < 1.29 is 19.1 Å². The van der Waals surface area contributed by atoms with E-state index in [9.17, 15) is 9.59 Å². The molecule has 2 rings (SSSR count). The van der Waals surface area contributed by atoms with E-state index >= 15 is 0 Å². The lowest BCUT2D eigenvalue weighted by atomic mass is 10.3. The van der Waals surface area contributed by atoms with Gasteiger partial charge in [0.25, 0.3) is 0 Å². The lowest BCUT2D eigenvalue weighted by Gasteiger charge is -2.11. The van der Waals surface area contributed by atoms with Gasteiger partial charge in [-0.05, 0) is 50.5 Å². The second-order valence-electron chi connectivity index (χ2n) is 6.13. The molecule has 0 spiro atoms. The normalized spacial score (nSPS) is 10.5. The molecule has 7 heteroatoms. The van der Waals surface area contributed by atoms with Crippen LogP contribution < -0.4 is 15.4 Å². The number of anilines is 1. The minimum absolute atomic E-state index is 0.148. The van der Waals surface area contributed by atoms with Gasteiger partial charge in [0.15, 0.2) is 0 Å². The van der Waals surface area contributed by atoms with Crippen molar-refractivity contribution in [1.82, 2.24) is 10.2 Å². The molecular formula is C20H25N3O4. The zero-order valence-corrected chi connectivity index (χ0v) is 15.6. The average molecular weight is 371 g/mol. The Hall–Kier alpha value is -2.90. The van der Waals surface area contributed by atoms with Crippen molar-refractivity contribution in [2.24, 2.45) is 0 Å². The Kier molecular flexibility index (Phi) is 8.28. The maximum absolute atomic E-state index is 11.9. The fourth-order valence-electron chi connectivity index (χ4n) is 2.13. The van der Waals surface area contributed by atoms with E-state index in [1.54, 1.807) is 24.3 Å². The van der Waals surface area contributed by atoms with E-state index in [2.05, 4.69) is 10.6 Å². The number of carbonyl (C=O) groups excluding carboxylic acids is 2. The van der Waals surface area contributed by atoms with Gasteiger partial charge in [-0.2, -0.15) is 0 Å². The summed E-state index contributed by atoms with van der Waals surface area (Å²) in [7, 11) is 3.85. The van der Waals surface area contributed by atoms with E-state index in [1.165, 1.54) is 0 Å². The summed E-state index contributed by atoms with van der Waals surface area (Å²) >= 11 is 0. The van der Waals surface area contributed by atoms with E-state index in [0.717, 1.165) is 12.3 Å². The first-order valence-corrected chi connectivity index (χ1v) is 8.65. The number of hydrogen-bond donors (Lipinski definition) is 2. The topological polar surface area (TPSA) is 79.9 Å². The van der Waals surface area contributed by atoms with E-state index in [0.29, 0.717) is 18.0 Å². The Balaban J connectivity index is 1.67. The third-order valence-corrected chi connectivity index (χ3v) is 3.46. The number of nitrogens with one attached hydrogen (secondary N) is 2. The molecule has 7 nitrogen and oxygen atoms in total. The Bertz CT molecular complexity index is 718. The molecule has 2 amide bonds. The van der Waals surface area contributed by atoms with Crippen molar-refractivity contribution in [2.45, 2.75) is 0 Å². The van der Waals surface area contributed by atoms with Crippen LogP contribution in [0.15, 0.2) is 54.6 Å². The van der Waals surface area contributed by atoms with Gasteiger partial charge >= 0.3 is 0 Å². The van der Waals surface area contributed by atoms with Gasteiger partial charge in [0.05, 0.1) is 0 Å². The van der Waals surface area contributed by atoms with Crippen LogP contribution in [-0.2, 0) is 14.3 Å². The maximum Gasteiger partial charge on any atom is 0.250 e. The number of para-hydroxylation sites is 1. The van der Waals surface area contributed by atoms with E-state index < -0.39 is 0 Å². The van der Waals surface area contributed by atoms with Crippen LogP contribution in [0.25, 0.3) is 0 Å². The Labute approximate surface area is 159 Å². The molecule has 0 radical (unpaired) electrons. The summed E-state index contributed by atoms with van der Waals surface area (Å²) in [6, 6.07) is 16.4. The molecule has 0 unspecified atom stereocenters. The molecule has 0 aliphatic heterocycles. The van der Waals surface area contributed by atoms with Gasteiger partial charge in [-0.1, -0.05) is 18.2 Å². The summed E-state index contributed by atoms with van der Waals surface area (Å²) < 4.78 is 10.8. The Morgan fingerprint density at radius 2 is 1.52 bits per heavy atom. The zero-order chi connectivity index (χ0) is 19.5. The average Bonchev–Trinajstić information content (AvgIpc) is 2.64. The van der Waals surface area contributed by atoms with Crippen LogP contribution in [-0.4, -0.2) is 57.1 Å². The Morgan fingerprint density at radius 3 is 2.19 bits per heavy atom. The molecule has 2 aromatic carbocycles. The smallest absolute Gasteiger partial charge is 0.250 e. The molecule has 144 valence electrons. The number of carbonyl (C=O) groups is 2. The number of likely N-dealkylation sites (N-methyl/N-ethyl adjacent to an activating group) is 1. The van der Waals surface area contributed by atoms with Gasteiger partial charge in [0.1, 0.15) is 24.7 Å². The van der Waals surface area contributed by atoms with Crippen molar-refractivity contribution in [3.8, 4) is 11.5 Å². The fraction of sp³-hybridized carbons (Fsp3) is 0.300. The highest BCUT2D eigenvalue weighted by Crippen LogP contribution is 2.22. The standard InChI is InChI=1S/C20H25N3O4/c1-23(2)13-12-21-19(24)14-26-15-20(25)22-16-8-10-18(11-9-16)27-17-6-4-3-5-7-17/h3-11H,12-15H2,1-2H3,(H,21,24)(H,22,25). The lowest BCUT2D eigenvalue weighted by Crippen LogP contribution is -2.34. The van der Waals surface area contributed by atoms with Gasteiger partial charge < -0.3 is 25.0 Å². The highest BCUT2D eigenvalue weighted by Gasteiger charge is 2.06. The third kappa shape index (κ3) is 8.35. The minimum atomic E-state index is -0.326. The van der Waals surface area contributed by atoms with Crippen molar-refractivity contribution in [3.63, 3.8) is 0 Å².